The molecule has 3 heteroatoms. The molecule has 0 amide bonds. The van der Waals surface area contributed by atoms with Gasteiger partial charge in [-0.3, -0.25) is 0 Å². The van der Waals surface area contributed by atoms with Crippen LogP contribution in [0.1, 0.15) is 127 Å². The molecule has 318 valence electrons. The summed E-state index contributed by atoms with van der Waals surface area (Å²) in [6.07, 6.45) is 28.5. The van der Waals surface area contributed by atoms with Crippen molar-refractivity contribution >= 4 is 23.2 Å². The van der Waals surface area contributed by atoms with Crippen molar-refractivity contribution in [2.75, 3.05) is 19.4 Å². The minimum atomic E-state index is -1.73. The van der Waals surface area contributed by atoms with Gasteiger partial charge in [-0.05, 0) is 110 Å². The number of rotatable bonds is 31. The Balaban J connectivity index is 1.10. The highest BCUT2D eigenvalue weighted by Gasteiger charge is 2.44. The van der Waals surface area contributed by atoms with Gasteiger partial charge in [0.05, 0.1) is 19.4 Å². The molecule has 0 fully saturated rings. The normalized spacial score (nSPS) is 11.3. The zero-order chi connectivity index (χ0) is 41.9. The quantitative estimate of drug-likeness (QED) is 0.0252. The SMILES string of the molecule is C=CCc1ccc(OCCCCCCCCCCC)c(-c2cc(CC=C)ccc2OCCCCCCCCCC[P+](c2ccccc2)(c2ccccc2)c2ccccc2)c1. The molecule has 0 saturated carbocycles. The van der Waals surface area contributed by atoms with E-state index in [9.17, 15) is 0 Å². The third-order valence-electron chi connectivity index (χ3n) is 11.9. The summed E-state index contributed by atoms with van der Waals surface area (Å²) in [6, 6.07) is 47.2. The van der Waals surface area contributed by atoms with E-state index in [0.717, 1.165) is 61.5 Å². The largest absolute Gasteiger partial charge is 0.493 e. The summed E-state index contributed by atoms with van der Waals surface area (Å²) in [4.78, 5) is 0. The third-order valence-corrected chi connectivity index (χ3v) is 16.4. The van der Waals surface area contributed by atoms with Gasteiger partial charge in [0.15, 0.2) is 0 Å². The first-order valence-corrected chi connectivity index (χ1v) is 25.5. The Morgan fingerprint density at radius 1 is 0.417 bits per heavy atom. The second-order valence-corrected chi connectivity index (χ2v) is 20.2. The van der Waals surface area contributed by atoms with Crippen LogP contribution in [0.4, 0.5) is 0 Å². The predicted molar refractivity (Wildman–Crippen MR) is 265 cm³/mol. The van der Waals surface area contributed by atoms with Gasteiger partial charge < -0.3 is 9.47 Å². The van der Waals surface area contributed by atoms with Crippen molar-refractivity contribution in [2.45, 2.75) is 129 Å². The molecule has 0 spiro atoms. The van der Waals surface area contributed by atoms with E-state index in [1.54, 1.807) is 0 Å². The molecule has 0 aromatic heterocycles. The van der Waals surface area contributed by atoms with Crippen molar-refractivity contribution in [3.8, 4) is 22.6 Å². The highest BCUT2D eigenvalue weighted by Crippen LogP contribution is 2.56. The van der Waals surface area contributed by atoms with E-state index < -0.39 is 7.26 Å². The lowest BCUT2D eigenvalue weighted by Gasteiger charge is -2.27. The Morgan fingerprint density at radius 3 is 1.13 bits per heavy atom. The van der Waals surface area contributed by atoms with Crippen LogP contribution in [0.5, 0.6) is 11.5 Å². The highest BCUT2D eigenvalue weighted by molar-refractivity contribution is 7.95. The van der Waals surface area contributed by atoms with Gasteiger partial charge in [0.1, 0.15) is 34.7 Å². The van der Waals surface area contributed by atoms with E-state index in [4.69, 9.17) is 9.47 Å². The molecule has 0 atom stereocenters. The van der Waals surface area contributed by atoms with Gasteiger partial charge in [0, 0.05) is 11.1 Å². The van der Waals surface area contributed by atoms with Crippen LogP contribution in [0.3, 0.4) is 0 Å². The van der Waals surface area contributed by atoms with Crippen molar-refractivity contribution in [2.24, 2.45) is 0 Å². The lowest BCUT2D eigenvalue weighted by Crippen LogP contribution is -2.33. The van der Waals surface area contributed by atoms with E-state index >= 15 is 0 Å². The summed E-state index contributed by atoms with van der Waals surface area (Å²) in [5.74, 6) is 1.88. The van der Waals surface area contributed by atoms with Crippen LogP contribution in [-0.4, -0.2) is 19.4 Å². The standard InChI is InChI=1S/C57H74O2P/c1-4-7-8-9-10-11-14-17-29-44-58-56-42-40-49(32-5-2)47-54(56)55-48-50(33-6-3)41-43-57(55)59-45-30-18-15-12-13-16-19-31-46-60(51-34-23-20-24-35-51,52-36-25-21-26-37-52)53-38-27-22-28-39-53/h5-6,20-28,34-43,47-48H,2-4,7-19,29-33,44-46H2,1H3/q+1. The van der Waals surface area contributed by atoms with Gasteiger partial charge in [0.25, 0.3) is 0 Å². The Bertz CT molecular complexity index is 1820. The molecular weight excluding hydrogens is 748 g/mol. The first kappa shape index (κ1) is 46.7. The summed E-state index contributed by atoms with van der Waals surface area (Å²) in [7, 11) is -1.73. The maximum Gasteiger partial charge on any atom is 0.127 e. The molecule has 2 nitrogen and oxygen atoms in total. The fourth-order valence-electron chi connectivity index (χ4n) is 8.58. The van der Waals surface area contributed by atoms with Crippen LogP contribution in [0.2, 0.25) is 0 Å². The van der Waals surface area contributed by atoms with Gasteiger partial charge in [-0.2, -0.15) is 0 Å². The molecule has 0 bridgehead atoms. The topological polar surface area (TPSA) is 18.5 Å². The number of allylic oxidation sites excluding steroid dienone is 2. The molecule has 5 rings (SSSR count). The van der Waals surface area contributed by atoms with Gasteiger partial charge in [-0.1, -0.05) is 169 Å². The van der Waals surface area contributed by atoms with Crippen molar-refractivity contribution in [3.05, 3.63) is 164 Å². The van der Waals surface area contributed by atoms with Crippen molar-refractivity contribution in [3.63, 3.8) is 0 Å². The van der Waals surface area contributed by atoms with Crippen molar-refractivity contribution in [1.29, 1.82) is 0 Å². The Hall–Kier alpha value is -4.39. The number of ether oxygens (including phenoxy) is 2. The molecule has 0 unspecified atom stereocenters. The van der Waals surface area contributed by atoms with E-state index in [2.05, 4.69) is 147 Å². The van der Waals surface area contributed by atoms with Crippen LogP contribution in [0.25, 0.3) is 11.1 Å². The minimum absolute atomic E-state index is 0.721. The maximum absolute atomic E-state index is 6.59. The second-order valence-electron chi connectivity index (χ2n) is 16.5. The molecular formula is C57H74O2P+. The molecule has 0 saturated heterocycles. The van der Waals surface area contributed by atoms with Gasteiger partial charge in [0.2, 0.25) is 0 Å². The summed E-state index contributed by atoms with van der Waals surface area (Å²) in [6.45, 7) is 11.8. The maximum atomic E-state index is 6.59. The van der Waals surface area contributed by atoms with E-state index in [1.165, 1.54) is 130 Å². The predicted octanol–water partition coefficient (Wildman–Crippen LogP) is 15.2. The van der Waals surface area contributed by atoms with Crippen molar-refractivity contribution in [1.82, 2.24) is 0 Å². The second kappa shape index (κ2) is 27.5. The van der Waals surface area contributed by atoms with Crippen molar-refractivity contribution < 1.29 is 9.47 Å². The molecule has 0 N–H and O–H groups in total. The average Bonchev–Trinajstić information content (AvgIpc) is 3.29. The van der Waals surface area contributed by atoms with Crippen LogP contribution in [-0.2, 0) is 12.8 Å². The average molecular weight is 822 g/mol. The Kier molecular flexibility index (Phi) is 21.4. The van der Waals surface area contributed by atoms with Gasteiger partial charge >= 0.3 is 0 Å². The summed E-state index contributed by atoms with van der Waals surface area (Å²) >= 11 is 0. The monoisotopic (exact) mass is 822 g/mol. The Labute approximate surface area is 365 Å². The number of hydrogen-bond acceptors (Lipinski definition) is 2. The molecule has 5 aromatic rings. The van der Waals surface area contributed by atoms with Crippen LogP contribution >= 0.6 is 7.26 Å². The molecule has 5 aromatic carbocycles. The number of hydrogen-bond donors (Lipinski definition) is 0. The molecule has 0 radical (unpaired) electrons. The van der Waals surface area contributed by atoms with E-state index in [-0.39, 0.29) is 0 Å². The van der Waals surface area contributed by atoms with Crippen LogP contribution in [0, 0.1) is 0 Å². The molecule has 0 aliphatic rings. The van der Waals surface area contributed by atoms with Crippen LogP contribution in [0.15, 0.2) is 153 Å². The number of benzene rings is 5. The van der Waals surface area contributed by atoms with Crippen LogP contribution < -0.4 is 25.4 Å². The smallest absolute Gasteiger partial charge is 0.127 e. The summed E-state index contributed by atoms with van der Waals surface area (Å²) in [5, 5.41) is 4.47. The fraction of sp³-hybridized carbons (Fsp3) is 0.404. The van der Waals surface area contributed by atoms with Gasteiger partial charge in [-0.25, -0.2) is 0 Å². The lowest BCUT2D eigenvalue weighted by atomic mass is 9.97. The molecule has 0 aliphatic heterocycles. The van der Waals surface area contributed by atoms with Gasteiger partial charge in [-0.15, -0.1) is 13.2 Å². The molecule has 0 aliphatic carbocycles. The third kappa shape index (κ3) is 14.7. The van der Waals surface area contributed by atoms with E-state index in [1.807, 2.05) is 12.2 Å². The minimum Gasteiger partial charge on any atom is -0.493 e. The first-order valence-electron chi connectivity index (χ1n) is 23.5. The van der Waals surface area contributed by atoms with E-state index in [0.29, 0.717) is 0 Å². The molecule has 60 heavy (non-hydrogen) atoms. The lowest BCUT2D eigenvalue weighted by molar-refractivity contribution is 0.301. The number of unbranched alkanes of at least 4 members (excludes halogenated alkanes) is 15. The Morgan fingerprint density at radius 2 is 0.767 bits per heavy atom. The zero-order valence-electron chi connectivity index (χ0n) is 37.0. The zero-order valence-corrected chi connectivity index (χ0v) is 37.9. The summed E-state index contributed by atoms with van der Waals surface area (Å²) in [5.41, 5.74) is 4.70. The fourth-order valence-corrected chi connectivity index (χ4v) is 13.0. The summed E-state index contributed by atoms with van der Waals surface area (Å²) < 4.78 is 13.1. The first-order chi connectivity index (χ1) is 29.7. The molecule has 0 heterocycles. The highest BCUT2D eigenvalue weighted by atomic mass is 31.2.